The lowest BCUT2D eigenvalue weighted by Gasteiger charge is -2.41. The lowest BCUT2D eigenvalue weighted by Crippen LogP contribution is -2.61. The first-order chi connectivity index (χ1) is 10.6. The van der Waals surface area contributed by atoms with Crippen molar-refractivity contribution in [3.05, 3.63) is 22.4 Å². The normalized spacial score (nSPS) is 26.0. The summed E-state index contributed by atoms with van der Waals surface area (Å²) in [5, 5.41) is 5.30. The molecule has 1 aromatic heterocycles. The molecular weight excluding hydrogens is 298 g/mol. The van der Waals surface area contributed by atoms with Crippen molar-refractivity contribution >= 4 is 23.2 Å². The predicted molar refractivity (Wildman–Crippen MR) is 87.1 cm³/mol. The van der Waals surface area contributed by atoms with Crippen LogP contribution in [-0.4, -0.2) is 59.9 Å². The Morgan fingerprint density at radius 1 is 1.18 bits per heavy atom. The third-order valence-corrected chi connectivity index (χ3v) is 5.53. The van der Waals surface area contributed by atoms with E-state index in [2.05, 4.69) is 5.32 Å². The molecule has 120 valence electrons. The Morgan fingerprint density at radius 3 is 2.50 bits per heavy atom. The van der Waals surface area contributed by atoms with Gasteiger partial charge in [-0.1, -0.05) is 6.07 Å². The minimum absolute atomic E-state index is 0.0871. The summed E-state index contributed by atoms with van der Waals surface area (Å²) in [7, 11) is 0. The minimum Gasteiger partial charge on any atom is -0.338 e. The van der Waals surface area contributed by atoms with Gasteiger partial charge in [-0.25, -0.2) is 0 Å². The molecule has 2 aliphatic rings. The highest BCUT2D eigenvalue weighted by Crippen LogP contribution is 2.22. The first-order valence-electron chi connectivity index (χ1n) is 7.97. The SMILES string of the molecule is CC1(C(=O)N2CCN(C(=O)c3cccs3)CC2)CCCCN1. The van der Waals surface area contributed by atoms with Crippen LogP contribution in [0.25, 0.3) is 0 Å². The first kappa shape index (κ1) is 15.5. The Labute approximate surface area is 135 Å². The lowest BCUT2D eigenvalue weighted by molar-refractivity contribution is -0.140. The van der Waals surface area contributed by atoms with Gasteiger partial charge in [0.25, 0.3) is 5.91 Å². The van der Waals surface area contributed by atoms with Crippen LogP contribution in [-0.2, 0) is 4.79 Å². The number of amides is 2. The number of hydrogen-bond donors (Lipinski definition) is 1. The Morgan fingerprint density at radius 2 is 1.91 bits per heavy atom. The summed E-state index contributed by atoms with van der Waals surface area (Å²) in [4.78, 5) is 29.6. The van der Waals surface area contributed by atoms with Crippen LogP contribution in [0.15, 0.2) is 17.5 Å². The zero-order chi connectivity index (χ0) is 15.6. The highest BCUT2D eigenvalue weighted by Gasteiger charge is 2.38. The van der Waals surface area contributed by atoms with Crippen LogP contribution in [0, 0.1) is 0 Å². The fourth-order valence-electron chi connectivity index (χ4n) is 3.26. The van der Waals surface area contributed by atoms with Crippen LogP contribution in [0.3, 0.4) is 0 Å². The van der Waals surface area contributed by atoms with Gasteiger partial charge in [0, 0.05) is 26.2 Å². The maximum Gasteiger partial charge on any atom is 0.264 e. The Balaban J connectivity index is 1.57. The van der Waals surface area contributed by atoms with Crippen molar-refractivity contribution in [2.24, 2.45) is 0 Å². The molecule has 2 aliphatic heterocycles. The van der Waals surface area contributed by atoms with Gasteiger partial charge in [0.05, 0.1) is 10.4 Å². The average Bonchev–Trinajstić information content (AvgIpc) is 3.09. The van der Waals surface area contributed by atoms with E-state index in [-0.39, 0.29) is 11.8 Å². The summed E-state index contributed by atoms with van der Waals surface area (Å²) in [6.07, 6.45) is 3.15. The van der Waals surface area contributed by atoms with E-state index in [4.69, 9.17) is 0 Å². The molecule has 1 unspecified atom stereocenters. The van der Waals surface area contributed by atoms with E-state index in [0.717, 1.165) is 30.7 Å². The van der Waals surface area contributed by atoms with Crippen molar-refractivity contribution in [3.63, 3.8) is 0 Å². The number of carbonyl (C=O) groups is 2. The van der Waals surface area contributed by atoms with E-state index in [1.54, 1.807) is 0 Å². The molecule has 0 aromatic carbocycles. The van der Waals surface area contributed by atoms with E-state index in [0.29, 0.717) is 26.2 Å². The van der Waals surface area contributed by atoms with Gasteiger partial charge in [0.2, 0.25) is 5.91 Å². The fraction of sp³-hybridized carbons (Fsp3) is 0.625. The lowest BCUT2D eigenvalue weighted by atomic mass is 9.89. The molecular formula is C16H23N3O2S. The average molecular weight is 321 g/mol. The monoisotopic (exact) mass is 321 g/mol. The molecule has 1 atom stereocenters. The second kappa shape index (κ2) is 6.38. The molecule has 6 heteroatoms. The van der Waals surface area contributed by atoms with Crippen molar-refractivity contribution in [1.82, 2.24) is 15.1 Å². The van der Waals surface area contributed by atoms with Gasteiger partial charge < -0.3 is 15.1 Å². The maximum absolute atomic E-state index is 12.7. The van der Waals surface area contributed by atoms with E-state index < -0.39 is 5.54 Å². The number of thiophene rings is 1. The van der Waals surface area contributed by atoms with Gasteiger partial charge in [-0.3, -0.25) is 9.59 Å². The smallest absolute Gasteiger partial charge is 0.264 e. The Hall–Kier alpha value is -1.40. The second-order valence-electron chi connectivity index (χ2n) is 6.28. The number of piperazine rings is 1. The summed E-state index contributed by atoms with van der Waals surface area (Å²) >= 11 is 1.47. The molecule has 3 rings (SSSR count). The quantitative estimate of drug-likeness (QED) is 0.899. The summed E-state index contributed by atoms with van der Waals surface area (Å²) < 4.78 is 0. The van der Waals surface area contributed by atoms with E-state index in [1.807, 2.05) is 34.2 Å². The third kappa shape index (κ3) is 3.03. The van der Waals surface area contributed by atoms with Crippen molar-refractivity contribution in [2.75, 3.05) is 32.7 Å². The summed E-state index contributed by atoms with van der Waals surface area (Å²) in [5.41, 5.74) is -0.418. The van der Waals surface area contributed by atoms with Crippen LogP contribution >= 0.6 is 11.3 Å². The number of nitrogens with zero attached hydrogens (tertiary/aromatic N) is 2. The van der Waals surface area contributed by atoms with Crippen LogP contribution < -0.4 is 5.32 Å². The van der Waals surface area contributed by atoms with Crippen LogP contribution in [0.1, 0.15) is 35.9 Å². The van der Waals surface area contributed by atoms with E-state index >= 15 is 0 Å². The van der Waals surface area contributed by atoms with Crippen molar-refractivity contribution in [2.45, 2.75) is 31.7 Å². The van der Waals surface area contributed by atoms with Crippen molar-refractivity contribution in [1.29, 1.82) is 0 Å². The predicted octanol–water partition coefficient (Wildman–Crippen LogP) is 1.56. The van der Waals surface area contributed by atoms with Gasteiger partial charge in [-0.15, -0.1) is 11.3 Å². The molecule has 3 heterocycles. The highest BCUT2D eigenvalue weighted by atomic mass is 32.1. The zero-order valence-electron chi connectivity index (χ0n) is 13.0. The van der Waals surface area contributed by atoms with Crippen LogP contribution in [0.4, 0.5) is 0 Å². The molecule has 1 N–H and O–H groups in total. The van der Waals surface area contributed by atoms with E-state index in [1.165, 1.54) is 11.3 Å². The molecule has 0 radical (unpaired) electrons. The van der Waals surface area contributed by atoms with Gasteiger partial charge in [-0.05, 0) is 44.2 Å². The summed E-state index contributed by atoms with van der Waals surface area (Å²) in [6, 6.07) is 3.75. The number of hydrogen-bond acceptors (Lipinski definition) is 4. The molecule has 22 heavy (non-hydrogen) atoms. The van der Waals surface area contributed by atoms with Gasteiger partial charge >= 0.3 is 0 Å². The summed E-state index contributed by atoms with van der Waals surface area (Å²) in [5.74, 6) is 0.277. The topological polar surface area (TPSA) is 52.7 Å². The minimum atomic E-state index is -0.418. The van der Waals surface area contributed by atoms with Gasteiger partial charge in [0.15, 0.2) is 0 Å². The van der Waals surface area contributed by atoms with Gasteiger partial charge in [-0.2, -0.15) is 0 Å². The second-order valence-corrected chi connectivity index (χ2v) is 7.23. The fourth-order valence-corrected chi connectivity index (χ4v) is 3.95. The molecule has 5 nitrogen and oxygen atoms in total. The largest absolute Gasteiger partial charge is 0.338 e. The van der Waals surface area contributed by atoms with Crippen molar-refractivity contribution < 1.29 is 9.59 Å². The number of rotatable bonds is 2. The molecule has 0 saturated carbocycles. The zero-order valence-corrected chi connectivity index (χ0v) is 13.8. The van der Waals surface area contributed by atoms with Crippen molar-refractivity contribution in [3.8, 4) is 0 Å². The number of piperidine rings is 1. The molecule has 0 bridgehead atoms. The highest BCUT2D eigenvalue weighted by molar-refractivity contribution is 7.12. The molecule has 0 spiro atoms. The van der Waals surface area contributed by atoms with Gasteiger partial charge in [0.1, 0.15) is 0 Å². The number of nitrogens with one attached hydrogen (secondary N) is 1. The molecule has 2 fully saturated rings. The Kier molecular flexibility index (Phi) is 4.49. The Bertz CT molecular complexity index is 530. The van der Waals surface area contributed by atoms with Crippen LogP contribution in [0.2, 0.25) is 0 Å². The maximum atomic E-state index is 12.7. The molecule has 2 amide bonds. The first-order valence-corrected chi connectivity index (χ1v) is 8.85. The van der Waals surface area contributed by atoms with Crippen LogP contribution in [0.5, 0.6) is 0 Å². The van der Waals surface area contributed by atoms with E-state index in [9.17, 15) is 9.59 Å². The molecule has 0 aliphatic carbocycles. The number of carbonyl (C=O) groups excluding carboxylic acids is 2. The third-order valence-electron chi connectivity index (χ3n) is 4.68. The summed E-state index contributed by atoms with van der Waals surface area (Å²) in [6.45, 7) is 5.44. The standard InChI is InChI=1S/C16H23N3O2S/c1-16(6-2-3-7-17-16)15(21)19-10-8-18(9-11-19)14(20)13-5-4-12-22-13/h4-5,12,17H,2-3,6-11H2,1H3. The molecule has 2 saturated heterocycles. The molecule has 1 aromatic rings.